The number of benzene rings is 3. The van der Waals surface area contributed by atoms with Crippen LogP contribution in [0.5, 0.6) is 23.0 Å². The van der Waals surface area contributed by atoms with E-state index in [0.29, 0.717) is 45.7 Å². The van der Waals surface area contributed by atoms with Crippen molar-refractivity contribution >= 4 is 35.0 Å². The number of halogens is 1. The molecule has 1 saturated heterocycles. The van der Waals surface area contributed by atoms with E-state index in [1.54, 1.807) is 62.8 Å². The third kappa shape index (κ3) is 5.78. The highest BCUT2D eigenvalue weighted by atomic mass is 35.5. The van der Waals surface area contributed by atoms with Gasteiger partial charge in [0.05, 0.1) is 40.5 Å². The van der Waals surface area contributed by atoms with Gasteiger partial charge in [0.25, 0.3) is 11.8 Å². The van der Waals surface area contributed by atoms with Gasteiger partial charge in [-0.1, -0.05) is 17.7 Å². The molecule has 1 unspecified atom stereocenters. The van der Waals surface area contributed by atoms with E-state index in [2.05, 4.69) is 0 Å². The van der Waals surface area contributed by atoms with E-state index in [-0.39, 0.29) is 13.0 Å². The highest BCUT2D eigenvalue weighted by molar-refractivity contribution is 6.31. The monoisotopic (exact) mass is 552 g/mol. The summed E-state index contributed by atoms with van der Waals surface area (Å²) in [5.41, 5.74) is 1.56. The standard InChI is InChI=1S/C29H29ClN2O7/c1-36-23-11-5-18(15-25(23)38-3)13-14-31(28(34)19-6-12-24(37-2)26(16-19)39-4)22-17-27(33)32(29(22)35)21-9-7-20(30)8-10-21/h5-12,15-16,22H,13-14,17H2,1-4H3. The maximum Gasteiger partial charge on any atom is 0.257 e. The molecule has 0 saturated carbocycles. The van der Waals surface area contributed by atoms with Gasteiger partial charge in [-0.25, -0.2) is 4.90 Å². The van der Waals surface area contributed by atoms with Gasteiger partial charge in [0.1, 0.15) is 6.04 Å². The van der Waals surface area contributed by atoms with Crippen LogP contribution in [0.2, 0.25) is 5.02 Å². The second-order valence-corrected chi connectivity index (χ2v) is 9.21. The number of amides is 3. The second-order valence-electron chi connectivity index (χ2n) is 8.77. The lowest BCUT2D eigenvalue weighted by atomic mass is 10.1. The summed E-state index contributed by atoms with van der Waals surface area (Å²) in [5, 5.41) is 0.481. The number of hydrogen-bond acceptors (Lipinski definition) is 7. The fourth-order valence-electron chi connectivity index (χ4n) is 4.54. The number of nitrogens with zero attached hydrogens (tertiary/aromatic N) is 2. The topological polar surface area (TPSA) is 94.6 Å². The van der Waals surface area contributed by atoms with Crippen LogP contribution in [-0.2, 0) is 16.0 Å². The Morgan fingerprint density at radius 1 is 0.846 bits per heavy atom. The Kier molecular flexibility index (Phi) is 8.61. The first-order chi connectivity index (χ1) is 18.8. The normalized spacial score (nSPS) is 14.8. The van der Waals surface area contributed by atoms with Crippen LogP contribution in [0.1, 0.15) is 22.3 Å². The van der Waals surface area contributed by atoms with Gasteiger partial charge in [-0.05, 0) is 66.6 Å². The Labute approximate surface area is 231 Å². The number of hydrogen-bond donors (Lipinski definition) is 0. The molecule has 10 heteroatoms. The fourth-order valence-corrected chi connectivity index (χ4v) is 4.67. The van der Waals surface area contributed by atoms with Crippen LogP contribution in [0.15, 0.2) is 60.7 Å². The minimum atomic E-state index is -0.992. The van der Waals surface area contributed by atoms with E-state index in [1.165, 1.54) is 19.1 Å². The van der Waals surface area contributed by atoms with Crippen LogP contribution in [0.4, 0.5) is 5.69 Å². The summed E-state index contributed by atoms with van der Waals surface area (Å²) in [4.78, 5) is 43.0. The molecule has 0 N–H and O–H groups in total. The molecule has 1 fully saturated rings. The maximum atomic E-state index is 13.9. The molecule has 39 heavy (non-hydrogen) atoms. The van der Waals surface area contributed by atoms with Crippen molar-refractivity contribution in [2.75, 3.05) is 39.9 Å². The number of ether oxygens (including phenoxy) is 4. The molecule has 3 amide bonds. The molecule has 0 spiro atoms. The highest BCUT2D eigenvalue weighted by Gasteiger charge is 2.44. The number of carbonyl (C=O) groups excluding carboxylic acids is 3. The quantitative estimate of drug-likeness (QED) is 0.344. The van der Waals surface area contributed by atoms with E-state index >= 15 is 0 Å². The van der Waals surface area contributed by atoms with Gasteiger partial charge >= 0.3 is 0 Å². The molecule has 1 heterocycles. The number of methoxy groups -OCH3 is 4. The van der Waals surface area contributed by atoms with Crippen molar-refractivity contribution in [3.63, 3.8) is 0 Å². The largest absolute Gasteiger partial charge is 0.493 e. The summed E-state index contributed by atoms with van der Waals surface area (Å²) in [7, 11) is 6.08. The lowest BCUT2D eigenvalue weighted by Gasteiger charge is -2.28. The average Bonchev–Trinajstić information content (AvgIpc) is 3.25. The van der Waals surface area contributed by atoms with Gasteiger partial charge in [-0.2, -0.15) is 0 Å². The van der Waals surface area contributed by atoms with Crippen molar-refractivity contribution in [1.82, 2.24) is 4.90 Å². The van der Waals surface area contributed by atoms with Crippen LogP contribution in [-0.4, -0.2) is 63.6 Å². The van der Waals surface area contributed by atoms with Crippen molar-refractivity contribution in [2.24, 2.45) is 0 Å². The first-order valence-corrected chi connectivity index (χ1v) is 12.5. The first-order valence-electron chi connectivity index (χ1n) is 12.2. The van der Waals surface area contributed by atoms with Crippen LogP contribution in [0, 0.1) is 0 Å². The molecule has 0 aliphatic carbocycles. The highest BCUT2D eigenvalue weighted by Crippen LogP contribution is 2.32. The minimum absolute atomic E-state index is 0.146. The molecule has 0 radical (unpaired) electrons. The van der Waals surface area contributed by atoms with Gasteiger partial charge < -0.3 is 23.8 Å². The van der Waals surface area contributed by atoms with Crippen molar-refractivity contribution in [3.8, 4) is 23.0 Å². The first kappa shape index (κ1) is 27.8. The Balaban J connectivity index is 1.67. The van der Waals surface area contributed by atoms with Gasteiger partial charge in [-0.15, -0.1) is 0 Å². The zero-order valence-electron chi connectivity index (χ0n) is 22.1. The predicted molar refractivity (Wildman–Crippen MR) is 146 cm³/mol. The van der Waals surface area contributed by atoms with E-state index in [1.807, 2.05) is 12.1 Å². The molecule has 0 aromatic heterocycles. The summed E-state index contributed by atoms with van der Waals surface area (Å²) in [6.07, 6.45) is 0.255. The van der Waals surface area contributed by atoms with Crippen LogP contribution >= 0.6 is 11.6 Å². The second kappa shape index (κ2) is 12.1. The Morgan fingerprint density at radius 3 is 2.05 bits per heavy atom. The van der Waals surface area contributed by atoms with Crippen molar-refractivity contribution < 1.29 is 33.3 Å². The van der Waals surface area contributed by atoms with Gasteiger partial charge in [0, 0.05) is 17.1 Å². The van der Waals surface area contributed by atoms with Crippen LogP contribution in [0.3, 0.4) is 0 Å². The lowest BCUT2D eigenvalue weighted by molar-refractivity contribution is -0.122. The summed E-state index contributed by atoms with van der Waals surface area (Å²) >= 11 is 5.99. The molecule has 3 aromatic carbocycles. The van der Waals surface area contributed by atoms with Crippen LogP contribution < -0.4 is 23.8 Å². The molecule has 0 bridgehead atoms. The molecular weight excluding hydrogens is 524 g/mol. The molecular formula is C29H29ClN2O7. The van der Waals surface area contributed by atoms with Crippen molar-refractivity contribution in [3.05, 3.63) is 76.8 Å². The zero-order valence-corrected chi connectivity index (χ0v) is 22.9. The molecule has 1 aliphatic heterocycles. The third-order valence-corrected chi connectivity index (χ3v) is 6.82. The third-order valence-electron chi connectivity index (χ3n) is 6.56. The SMILES string of the molecule is COc1ccc(CCN(C(=O)c2ccc(OC)c(OC)c2)C2CC(=O)N(c3ccc(Cl)cc3)C2=O)cc1OC. The number of carbonyl (C=O) groups is 3. The summed E-state index contributed by atoms with van der Waals surface area (Å²) < 4.78 is 21.4. The van der Waals surface area contributed by atoms with E-state index in [0.717, 1.165) is 10.5 Å². The van der Waals surface area contributed by atoms with E-state index < -0.39 is 23.8 Å². The smallest absolute Gasteiger partial charge is 0.257 e. The minimum Gasteiger partial charge on any atom is -0.493 e. The van der Waals surface area contributed by atoms with Gasteiger partial charge in [0.2, 0.25) is 5.91 Å². The summed E-state index contributed by atoms with van der Waals surface area (Å²) in [6.45, 7) is 0.167. The summed E-state index contributed by atoms with van der Waals surface area (Å²) in [5.74, 6) is 0.669. The number of rotatable bonds is 10. The van der Waals surface area contributed by atoms with Crippen molar-refractivity contribution in [1.29, 1.82) is 0 Å². The van der Waals surface area contributed by atoms with E-state index in [9.17, 15) is 14.4 Å². The van der Waals surface area contributed by atoms with Crippen LogP contribution in [0.25, 0.3) is 0 Å². The fraction of sp³-hybridized carbons (Fsp3) is 0.276. The molecule has 204 valence electrons. The number of anilines is 1. The molecule has 1 aliphatic rings. The Morgan fingerprint density at radius 2 is 1.44 bits per heavy atom. The van der Waals surface area contributed by atoms with Crippen molar-refractivity contribution in [2.45, 2.75) is 18.9 Å². The zero-order chi connectivity index (χ0) is 28.1. The van der Waals surface area contributed by atoms with E-state index in [4.69, 9.17) is 30.5 Å². The molecule has 4 rings (SSSR count). The molecule has 3 aromatic rings. The molecule has 9 nitrogen and oxygen atoms in total. The molecule has 1 atom stereocenters. The number of imide groups is 1. The Hall–Kier alpha value is -4.24. The van der Waals surface area contributed by atoms with Gasteiger partial charge in [-0.3, -0.25) is 14.4 Å². The predicted octanol–water partition coefficient (Wildman–Crippen LogP) is 4.39. The Bertz CT molecular complexity index is 1380. The average molecular weight is 553 g/mol. The maximum absolute atomic E-state index is 13.9. The summed E-state index contributed by atoms with van der Waals surface area (Å²) in [6, 6.07) is 15.7. The van der Waals surface area contributed by atoms with Gasteiger partial charge in [0.15, 0.2) is 23.0 Å². The lowest BCUT2D eigenvalue weighted by Crippen LogP contribution is -2.46.